The van der Waals surface area contributed by atoms with Crippen LogP contribution in [-0.4, -0.2) is 44.9 Å². The minimum Gasteiger partial charge on any atom is -0.353 e. The van der Waals surface area contributed by atoms with Crippen molar-refractivity contribution in [3.8, 4) is 0 Å². The predicted octanol–water partition coefficient (Wildman–Crippen LogP) is 4.11. The monoisotopic (exact) mass is 402 g/mol. The molecule has 3 rings (SSSR count). The van der Waals surface area contributed by atoms with Gasteiger partial charge in [-0.2, -0.15) is 0 Å². The Bertz CT molecular complexity index is 827. The molecule has 0 saturated heterocycles. The largest absolute Gasteiger partial charge is 0.353 e. The van der Waals surface area contributed by atoms with Crippen LogP contribution < -0.4 is 5.32 Å². The topological polar surface area (TPSA) is 57.6 Å². The highest BCUT2D eigenvalue weighted by Gasteiger charge is 2.34. The van der Waals surface area contributed by atoms with E-state index in [9.17, 15) is 9.59 Å². The van der Waals surface area contributed by atoms with Gasteiger partial charge in [-0.15, -0.1) is 0 Å². The van der Waals surface area contributed by atoms with Crippen LogP contribution in [0.25, 0.3) is 0 Å². The Hall–Kier alpha value is -2.47. The van der Waals surface area contributed by atoms with Gasteiger partial charge in [0.15, 0.2) is 0 Å². The summed E-state index contributed by atoms with van der Waals surface area (Å²) in [6.45, 7) is 4.44. The molecule has 1 aromatic carbocycles. The fourth-order valence-corrected chi connectivity index (χ4v) is 3.22. The Balaban J connectivity index is 1.67. The fraction of sp³-hybridized carbons (Fsp3) is 0.429. The van der Waals surface area contributed by atoms with E-state index in [1.54, 1.807) is 29.2 Å². The maximum Gasteiger partial charge on any atom is 0.322 e. The van der Waals surface area contributed by atoms with Gasteiger partial charge in [0, 0.05) is 41.7 Å². The summed E-state index contributed by atoms with van der Waals surface area (Å²) >= 11 is 5.89. The summed E-state index contributed by atoms with van der Waals surface area (Å²) < 4.78 is 2.02. The first-order chi connectivity index (χ1) is 13.3. The summed E-state index contributed by atoms with van der Waals surface area (Å²) in [7, 11) is 1.98. The number of hydrogen-bond acceptors (Lipinski definition) is 2. The van der Waals surface area contributed by atoms with E-state index in [-0.39, 0.29) is 30.6 Å². The van der Waals surface area contributed by atoms with Gasteiger partial charge in [-0.1, -0.05) is 11.6 Å². The van der Waals surface area contributed by atoms with Crippen LogP contribution in [0.3, 0.4) is 0 Å². The van der Waals surface area contributed by atoms with Crippen molar-refractivity contribution in [1.82, 2.24) is 14.4 Å². The van der Waals surface area contributed by atoms with Crippen LogP contribution in [0.1, 0.15) is 32.4 Å². The Morgan fingerprint density at radius 2 is 1.89 bits per heavy atom. The van der Waals surface area contributed by atoms with Crippen LogP contribution in [0.15, 0.2) is 42.6 Å². The maximum absolute atomic E-state index is 13.1. The zero-order valence-electron chi connectivity index (χ0n) is 16.6. The highest BCUT2D eigenvalue weighted by molar-refractivity contribution is 6.30. The number of benzene rings is 1. The summed E-state index contributed by atoms with van der Waals surface area (Å²) in [5.41, 5.74) is 1.73. The standard InChI is InChI=1S/C21H27ClN4O2/c1-15(2)25(21(28)23-17-8-6-16(22)7-9-17)14-20(27)26(18-10-11-18)13-19-5-4-12-24(19)3/h4-9,12,15,18H,10-11,13-14H2,1-3H3,(H,23,28). The Morgan fingerprint density at radius 1 is 1.21 bits per heavy atom. The van der Waals surface area contributed by atoms with Crippen LogP contribution >= 0.6 is 11.6 Å². The van der Waals surface area contributed by atoms with Gasteiger partial charge < -0.3 is 19.7 Å². The number of urea groups is 1. The highest BCUT2D eigenvalue weighted by atomic mass is 35.5. The third-order valence-electron chi connectivity index (χ3n) is 4.98. The number of carbonyl (C=O) groups excluding carboxylic acids is 2. The molecule has 1 aliphatic carbocycles. The average Bonchev–Trinajstić information content (AvgIpc) is 3.41. The number of aromatic nitrogens is 1. The number of aryl methyl sites for hydroxylation is 1. The van der Waals surface area contributed by atoms with Crippen LogP contribution in [0.4, 0.5) is 10.5 Å². The van der Waals surface area contributed by atoms with Crippen LogP contribution in [-0.2, 0) is 18.4 Å². The minimum absolute atomic E-state index is 0.0244. The number of amides is 3. The van der Waals surface area contributed by atoms with E-state index in [2.05, 4.69) is 5.32 Å². The van der Waals surface area contributed by atoms with Crippen LogP contribution in [0.5, 0.6) is 0 Å². The van der Waals surface area contributed by atoms with Crippen molar-refractivity contribution in [3.63, 3.8) is 0 Å². The zero-order valence-corrected chi connectivity index (χ0v) is 17.3. The lowest BCUT2D eigenvalue weighted by molar-refractivity contribution is -0.133. The molecule has 1 saturated carbocycles. The molecule has 1 fully saturated rings. The number of rotatable bonds is 7. The molecule has 28 heavy (non-hydrogen) atoms. The summed E-state index contributed by atoms with van der Waals surface area (Å²) in [5.74, 6) is -0.0244. The molecule has 1 aromatic heterocycles. The molecule has 6 nitrogen and oxygen atoms in total. The van der Waals surface area contributed by atoms with Gasteiger partial charge in [0.25, 0.3) is 0 Å². The zero-order chi connectivity index (χ0) is 20.3. The van der Waals surface area contributed by atoms with Crippen molar-refractivity contribution in [2.45, 2.75) is 45.3 Å². The van der Waals surface area contributed by atoms with E-state index in [1.807, 2.05) is 48.7 Å². The minimum atomic E-state index is -0.291. The van der Waals surface area contributed by atoms with Crippen LogP contribution in [0, 0.1) is 0 Å². The summed E-state index contributed by atoms with van der Waals surface area (Å²) in [6, 6.07) is 10.8. The van der Waals surface area contributed by atoms with E-state index < -0.39 is 0 Å². The molecule has 1 aliphatic rings. The quantitative estimate of drug-likeness (QED) is 0.757. The predicted molar refractivity (Wildman–Crippen MR) is 111 cm³/mol. The molecule has 0 aliphatic heterocycles. The normalized spacial score (nSPS) is 13.5. The van der Waals surface area contributed by atoms with Crippen LogP contribution in [0.2, 0.25) is 5.02 Å². The molecule has 3 amide bonds. The number of hydrogen-bond donors (Lipinski definition) is 1. The second-order valence-corrected chi connectivity index (χ2v) is 7.96. The van der Waals surface area contributed by atoms with Gasteiger partial charge in [0.05, 0.1) is 6.54 Å². The first-order valence-corrected chi connectivity index (χ1v) is 9.96. The number of carbonyl (C=O) groups is 2. The number of nitrogens with zero attached hydrogens (tertiary/aromatic N) is 3. The van der Waals surface area contributed by atoms with E-state index in [1.165, 1.54) is 0 Å². The maximum atomic E-state index is 13.1. The smallest absolute Gasteiger partial charge is 0.322 e. The van der Waals surface area contributed by atoms with E-state index >= 15 is 0 Å². The molecule has 1 heterocycles. The molecule has 7 heteroatoms. The first-order valence-electron chi connectivity index (χ1n) is 9.58. The SMILES string of the molecule is CC(C)N(CC(=O)N(Cc1cccn1C)C1CC1)C(=O)Nc1ccc(Cl)cc1. The van der Waals surface area contributed by atoms with Crippen molar-refractivity contribution in [2.24, 2.45) is 7.05 Å². The van der Waals surface area contributed by atoms with Gasteiger partial charge in [0.2, 0.25) is 5.91 Å². The third kappa shape index (κ3) is 5.07. The molecule has 0 spiro atoms. The molecule has 1 N–H and O–H groups in total. The van der Waals surface area contributed by atoms with Crippen molar-refractivity contribution >= 4 is 29.2 Å². The first kappa shape index (κ1) is 20.3. The highest BCUT2D eigenvalue weighted by Crippen LogP contribution is 2.29. The van der Waals surface area contributed by atoms with E-state index in [4.69, 9.17) is 11.6 Å². The van der Waals surface area contributed by atoms with E-state index in [0.717, 1.165) is 18.5 Å². The number of anilines is 1. The molecule has 0 radical (unpaired) electrons. The molecule has 150 valence electrons. The van der Waals surface area contributed by atoms with Crippen molar-refractivity contribution in [3.05, 3.63) is 53.3 Å². The van der Waals surface area contributed by atoms with Gasteiger partial charge >= 0.3 is 6.03 Å². The molecular formula is C21H27ClN4O2. The lowest BCUT2D eigenvalue weighted by Gasteiger charge is -2.30. The molecular weight excluding hydrogens is 376 g/mol. The Labute approximate surface area is 171 Å². The number of halogens is 1. The average molecular weight is 403 g/mol. The van der Waals surface area contributed by atoms with Gasteiger partial charge in [-0.3, -0.25) is 4.79 Å². The van der Waals surface area contributed by atoms with Crippen molar-refractivity contribution in [2.75, 3.05) is 11.9 Å². The second kappa shape index (κ2) is 8.69. The van der Waals surface area contributed by atoms with Crippen molar-refractivity contribution < 1.29 is 9.59 Å². The van der Waals surface area contributed by atoms with Gasteiger partial charge in [0.1, 0.15) is 6.54 Å². The Kier molecular flexibility index (Phi) is 6.29. The van der Waals surface area contributed by atoms with Gasteiger partial charge in [-0.25, -0.2) is 4.79 Å². The summed E-state index contributed by atoms with van der Waals surface area (Å²) in [4.78, 5) is 29.3. The lowest BCUT2D eigenvalue weighted by Crippen LogP contribution is -2.48. The summed E-state index contributed by atoms with van der Waals surface area (Å²) in [5, 5.41) is 3.45. The molecule has 0 unspecified atom stereocenters. The number of nitrogens with one attached hydrogen (secondary N) is 1. The second-order valence-electron chi connectivity index (χ2n) is 7.52. The van der Waals surface area contributed by atoms with Crippen molar-refractivity contribution in [1.29, 1.82) is 0 Å². The third-order valence-corrected chi connectivity index (χ3v) is 5.23. The Morgan fingerprint density at radius 3 is 2.43 bits per heavy atom. The summed E-state index contributed by atoms with van der Waals surface area (Å²) in [6.07, 6.45) is 4.02. The molecule has 0 bridgehead atoms. The molecule has 0 atom stereocenters. The van der Waals surface area contributed by atoms with Gasteiger partial charge in [-0.05, 0) is 63.1 Å². The fourth-order valence-electron chi connectivity index (χ4n) is 3.10. The molecule has 2 aromatic rings. The van der Waals surface area contributed by atoms with E-state index in [0.29, 0.717) is 17.3 Å². The lowest BCUT2D eigenvalue weighted by atomic mass is 10.3.